The molecule has 1 aromatic carbocycles. The van der Waals surface area contributed by atoms with E-state index in [2.05, 4.69) is 0 Å². The van der Waals surface area contributed by atoms with E-state index in [1.807, 2.05) is 25.1 Å². The number of benzene rings is 1. The molecule has 0 aromatic heterocycles. The molecule has 5 heteroatoms. The number of nitrogens with zero attached hydrogens (tertiary/aromatic N) is 1. The largest absolute Gasteiger partial charge is 0.449 e. The van der Waals surface area contributed by atoms with Crippen molar-refractivity contribution in [2.45, 2.75) is 20.1 Å². The second kappa shape index (κ2) is 6.08. The quantitative estimate of drug-likeness (QED) is 0.848. The Hall–Kier alpha value is -1.52. The predicted molar refractivity (Wildman–Crippen MR) is 75.4 cm³/mol. The molecule has 1 aromatic rings. The lowest BCUT2D eigenvalue weighted by Crippen LogP contribution is -2.43. The molecule has 0 bridgehead atoms. The number of ether oxygens (including phenoxy) is 2. The third-order valence-corrected chi connectivity index (χ3v) is 2.98. The van der Waals surface area contributed by atoms with Gasteiger partial charge in [-0.1, -0.05) is 17.7 Å². The monoisotopic (exact) mass is 281 g/mol. The van der Waals surface area contributed by atoms with Gasteiger partial charge in [0, 0.05) is 11.6 Å². The lowest BCUT2D eigenvalue weighted by Gasteiger charge is -2.32. The number of amides is 1. The Morgan fingerprint density at radius 1 is 1.37 bits per heavy atom. The van der Waals surface area contributed by atoms with Crippen LogP contribution in [0.15, 0.2) is 24.3 Å². The van der Waals surface area contributed by atoms with Crippen molar-refractivity contribution >= 4 is 29.5 Å². The van der Waals surface area contributed by atoms with Crippen LogP contribution in [0.4, 0.5) is 10.5 Å². The van der Waals surface area contributed by atoms with E-state index in [1.54, 1.807) is 19.1 Å². The Morgan fingerprint density at radius 3 is 2.84 bits per heavy atom. The minimum absolute atomic E-state index is 0.320. The van der Waals surface area contributed by atoms with Crippen LogP contribution in [-0.4, -0.2) is 25.5 Å². The van der Waals surface area contributed by atoms with Crippen molar-refractivity contribution in [1.82, 2.24) is 0 Å². The van der Waals surface area contributed by atoms with Gasteiger partial charge in [-0.05, 0) is 43.7 Å². The Bertz CT molecular complexity index is 501. The van der Waals surface area contributed by atoms with Gasteiger partial charge < -0.3 is 9.47 Å². The number of anilines is 1. The van der Waals surface area contributed by atoms with Gasteiger partial charge in [0.2, 0.25) is 0 Å². The van der Waals surface area contributed by atoms with Crippen molar-refractivity contribution in [3.8, 4) is 0 Å². The average Bonchev–Trinajstić information content (AvgIpc) is 2.39. The second-order valence-electron chi connectivity index (χ2n) is 3.98. The van der Waals surface area contributed by atoms with Gasteiger partial charge >= 0.3 is 6.09 Å². The first-order chi connectivity index (χ1) is 9.17. The first-order valence-corrected chi connectivity index (χ1v) is 6.60. The number of rotatable bonds is 3. The van der Waals surface area contributed by atoms with Crippen LogP contribution in [0.3, 0.4) is 0 Å². The highest BCUT2D eigenvalue weighted by molar-refractivity contribution is 6.30. The van der Waals surface area contributed by atoms with Crippen LogP contribution in [0.1, 0.15) is 19.4 Å². The normalized spacial score (nSPS) is 17.2. The molecule has 102 valence electrons. The van der Waals surface area contributed by atoms with Crippen molar-refractivity contribution in [2.75, 3.05) is 18.1 Å². The molecule has 1 atom stereocenters. The maximum Gasteiger partial charge on any atom is 0.416 e. The molecule has 0 radical (unpaired) electrons. The minimum atomic E-state index is -0.447. The summed E-state index contributed by atoms with van der Waals surface area (Å²) in [5.41, 5.74) is 1.61. The summed E-state index contributed by atoms with van der Waals surface area (Å²) in [5, 5.41) is 0.627. The molecule has 0 spiro atoms. The lowest BCUT2D eigenvalue weighted by molar-refractivity contribution is 0.0830. The summed E-state index contributed by atoms with van der Waals surface area (Å²) in [6.07, 6.45) is 2.85. The highest BCUT2D eigenvalue weighted by atomic mass is 35.5. The molecular weight excluding hydrogens is 266 g/mol. The molecule has 0 saturated heterocycles. The number of hydrogen-bond donors (Lipinski definition) is 0. The van der Waals surface area contributed by atoms with Gasteiger partial charge in [0.1, 0.15) is 0 Å². The first kappa shape index (κ1) is 13.9. The molecular formula is C14H16ClNO3. The SMILES string of the molecule is CCOC(=O)N1c2ccc(Cl)cc2C=CC1OCC. The second-order valence-corrected chi connectivity index (χ2v) is 4.41. The highest BCUT2D eigenvalue weighted by Gasteiger charge is 2.29. The summed E-state index contributed by atoms with van der Waals surface area (Å²) in [4.78, 5) is 13.6. The smallest absolute Gasteiger partial charge is 0.416 e. The van der Waals surface area contributed by atoms with E-state index < -0.39 is 12.3 Å². The fourth-order valence-corrected chi connectivity index (χ4v) is 2.16. The average molecular weight is 282 g/mol. The van der Waals surface area contributed by atoms with Crippen molar-refractivity contribution in [3.05, 3.63) is 34.9 Å². The fourth-order valence-electron chi connectivity index (χ4n) is 1.98. The molecule has 4 nitrogen and oxygen atoms in total. The van der Waals surface area contributed by atoms with Crippen molar-refractivity contribution < 1.29 is 14.3 Å². The van der Waals surface area contributed by atoms with Gasteiger partial charge in [-0.2, -0.15) is 0 Å². The Labute approximate surface area is 117 Å². The predicted octanol–water partition coefficient (Wildman–Crippen LogP) is 3.69. The van der Waals surface area contributed by atoms with Gasteiger partial charge in [-0.15, -0.1) is 0 Å². The number of halogens is 1. The fraction of sp³-hybridized carbons (Fsp3) is 0.357. The van der Waals surface area contributed by atoms with Crippen molar-refractivity contribution in [1.29, 1.82) is 0 Å². The third-order valence-electron chi connectivity index (χ3n) is 2.75. The van der Waals surface area contributed by atoms with Crippen LogP contribution in [0.25, 0.3) is 6.08 Å². The molecule has 1 unspecified atom stereocenters. The summed E-state index contributed by atoms with van der Waals surface area (Å²) in [5.74, 6) is 0. The maximum atomic E-state index is 12.1. The van der Waals surface area contributed by atoms with Gasteiger partial charge in [0.05, 0.1) is 12.3 Å². The van der Waals surface area contributed by atoms with Gasteiger partial charge in [0.25, 0.3) is 0 Å². The van der Waals surface area contributed by atoms with Crippen LogP contribution < -0.4 is 4.90 Å². The number of carbonyl (C=O) groups is 1. The molecule has 1 heterocycles. The highest BCUT2D eigenvalue weighted by Crippen LogP contribution is 2.32. The minimum Gasteiger partial charge on any atom is -0.449 e. The summed E-state index contributed by atoms with van der Waals surface area (Å²) >= 11 is 5.96. The van der Waals surface area contributed by atoms with E-state index in [0.717, 1.165) is 11.3 Å². The summed E-state index contributed by atoms with van der Waals surface area (Å²) < 4.78 is 10.6. The molecule has 1 aliphatic rings. The lowest BCUT2D eigenvalue weighted by atomic mass is 10.1. The summed E-state index contributed by atoms with van der Waals surface area (Å²) in [6, 6.07) is 5.35. The molecule has 0 N–H and O–H groups in total. The zero-order valence-electron chi connectivity index (χ0n) is 10.9. The molecule has 1 amide bonds. The molecule has 0 saturated carbocycles. The molecule has 2 rings (SSSR count). The van der Waals surface area contributed by atoms with Crippen LogP contribution in [0, 0.1) is 0 Å². The molecule has 1 aliphatic heterocycles. The zero-order valence-corrected chi connectivity index (χ0v) is 11.7. The summed E-state index contributed by atoms with van der Waals surface area (Å²) in [7, 11) is 0. The van der Waals surface area contributed by atoms with Crippen molar-refractivity contribution in [2.24, 2.45) is 0 Å². The molecule has 0 fully saturated rings. The van der Waals surface area contributed by atoms with E-state index in [-0.39, 0.29) is 0 Å². The third kappa shape index (κ3) is 2.91. The maximum absolute atomic E-state index is 12.1. The number of hydrogen-bond acceptors (Lipinski definition) is 3. The van der Waals surface area contributed by atoms with E-state index >= 15 is 0 Å². The van der Waals surface area contributed by atoms with E-state index in [4.69, 9.17) is 21.1 Å². The summed E-state index contributed by atoms with van der Waals surface area (Å²) in [6.45, 7) is 4.49. The topological polar surface area (TPSA) is 38.8 Å². The van der Waals surface area contributed by atoms with Gasteiger partial charge in [-0.3, -0.25) is 0 Å². The van der Waals surface area contributed by atoms with Crippen LogP contribution in [-0.2, 0) is 9.47 Å². The standard InChI is InChI=1S/C14H16ClNO3/c1-3-18-13-8-5-10-9-11(15)6-7-12(10)16(13)14(17)19-4-2/h5-9,13H,3-4H2,1-2H3. The number of carbonyl (C=O) groups excluding carboxylic acids is 1. The van der Waals surface area contributed by atoms with E-state index in [1.165, 1.54) is 4.90 Å². The van der Waals surface area contributed by atoms with E-state index in [9.17, 15) is 4.79 Å². The van der Waals surface area contributed by atoms with Crippen molar-refractivity contribution in [3.63, 3.8) is 0 Å². The Kier molecular flexibility index (Phi) is 4.45. The Balaban J connectivity index is 2.39. The molecule has 0 aliphatic carbocycles. The zero-order chi connectivity index (χ0) is 13.8. The Morgan fingerprint density at radius 2 is 2.16 bits per heavy atom. The number of fused-ring (bicyclic) bond motifs is 1. The first-order valence-electron chi connectivity index (χ1n) is 6.22. The van der Waals surface area contributed by atoms with Gasteiger partial charge in [0.15, 0.2) is 6.23 Å². The van der Waals surface area contributed by atoms with Crippen LogP contribution >= 0.6 is 11.6 Å². The van der Waals surface area contributed by atoms with Crippen LogP contribution in [0.5, 0.6) is 0 Å². The molecule has 19 heavy (non-hydrogen) atoms. The van der Waals surface area contributed by atoms with Gasteiger partial charge in [-0.25, -0.2) is 9.69 Å². The van der Waals surface area contributed by atoms with Crippen LogP contribution in [0.2, 0.25) is 5.02 Å². The van der Waals surface area contributed by atoms with E-state index in [0.29, 0.717) is 18.2 Å².